The van der Waals surface area contributed by atoms with E-state index in [-0.39, 0.29) is 25.0 Å². The van der Waals surface area contributed by atoms with Gasteiger partial charge < -0.3 is 14.5 Å². The van der Waals surface area contributed by atoms with E-state index in [0.29, 0.717) is 5.75 Å². The third-order valence-electron chi connectivity index (χ3n) is 1.68. The minimum absolute atomic E-state index is 0.200. The molecular formula is C9H12FO4P. The average molecular weight is 234 g/mol. The summed E-state index contributed by atoms with van der Waals surface area (Å²) in [6.07, 6.45) is 0.0653. The topological polar surface area (TPSA) is 66.8 Å². The van der Waals surface area contributed by atoms with E-state index < -0.39 is 7.60 Å². The smallest absolute Gasteiger partial charge is 0.325 e. The van der Waals surface area contributed by atoms with Gasteiger partial charge in [0.25, 0.3) is 0 Å². The summed E-state index contributed by atoms with van der Waals surface area (Å²) in [5.41, 5.74) is 0. The van der Waals surface area contributed by atoms with Gasteiger partial charge in [-0.05, 0) is 30.7 Å². The average Bonchev–Trinajstić information content (AvgIpc) is 2.14. The Morgan fingerprint density at radius 3 is 2.40 bits per heavy atom. The highest BCUT2D eigenvalue weighted by atomic mass is 31.2. The van der Waals surface area contributed by atoms with E-state index in [4.69, 9.17) is 14.5 Å². The normalized spacial score (nSPS) is 11.4. The molecule has 0 fully saturated rings. The molecule has 1 rings (SSSR count). The van der Waals surface area contributed by atoms with E-state index in [1.54, 1.807) is 0 Å². The van der Waals surface area contributed by atoms with Crippen LogP contribution < -0.4 is 4.74 Å². The second kappa shape index (κ2) is 5.26. The van der Waals surface area contributed by atoms with Gasteiger partial charge in [-0.1, -0.05) is 0 Å². The highest BCUT2D eigenvalue weighted by molar-refractivity contribution is 7.51. The van der Waals surface area contributed by atoms with Crippen molar-refractivity contribution < 1.29 is 23.5 Å². The quantitative estimate of drug-likeness (QED) is 0.601. The van der Waals surface area contributed by atoms with Gasteiger partial charge in [-0.15, -0.1) is 0 Å². The van der Waals surface area contributed by atoms with E-state index in [1.165, 1.54) is 24.3 Å². The Morgan fingerprint density at radius 2 is 1.87 bits per heavy atom. The molecule has 0 radical (unpaired) electrons. The number of hydrogen-bond acceptors (Lipinski definition) is 2. The third-order valence-corrected chi connectivity index (χ3v) is 2.57. The number of hydrogen-bond donors (Lipinski definition) is 2. The van der Waals surface area contributed by atoms with Crippen molar-refractivity contribution in [1.82, 2.24) is 0 Å². The van der Waals surface area contributed by atoms with Gasteiger partial charge in [-0.25, -0.2) is 4.39 Å². The zero-order valence-corrected chi connectivity index (χ0v) is 8.86. The number of halogens is 1. The summed E-state index contributed by atoms with van der Waals surface area (Å²) in [6, 6.07) is 5.45. The molecule has 6 heteroatoms. The lowest BCUT2D eigenvalue weighted by molar-refractivity contribution is 0.308. The maximum absolute atomic E-state index is 12.5. The van der Waals surface area contributed by atoms with Gasteiger partial charge in [-0.3, -0.25) is 4.57 Å². The predicted octanol–water partition coefficient (Wildman–Crippen LogP) is 1.77. The summed E-state index contributed by atoms with van der Waals surface area (Å²) in [4.78, 5) is 17.1. The van der Waals surface area contributed by atoms with Crippen LogP contribution in [0, 0.1) is 5.82 Å². The fraction of sp³-hybridized carbons (Fsp3) is 0.333. The largest absolute Gasteiger partial charge is 0.494 e. The minimum Gasteiger partial charge on any atom is -0.494 e. The van der Waals surface area contributed by atoms with E-state index in [0.717, 1.165) is 0 Å². The standard InChI is InChI=1S/C9H12FO4P/c10-8-2-4-9(5-3-8)14-6-1-7-15(11,12)13/h2-5H,1,6-7H2,(H2,11,12,13). The summed E-state index contributed by atoms with van der Waals surface area (Å²) >= 11 is 0. The molecule has 1 aromatic rings. The molecule has 0 aliphatic heterocycles. The SMILES string of the molecule is O=P(O)(O)CCCOc1ccc(F)cc1. The highest BCUT2D eigenvalue weighted by Gasteiger charge is 2.11. The summed E-state index contributed by atoms with van der Waals surface area (Å²) in [5.74, 6) is 0.139. The lowest BCUT2D eigenvalue weighted by Gasteiger charge is -2.06. The van der Waals surface area contributed by atoms with E-state index in [9.17, 15) is 8.96 Å². The lowest BCUT2D eigenvalue weighted by Crippen LogP contribution is -2.00. The Balaban J connectivity index is 2.26. The molecule has 0 atom stereocenters. The van der Waals surface area contributed by atoms with Crippen molar-refractivity contribution in [3.8, 4) is 5.75 Å². The summed E-state index contributed by atoms with van der Waals surface area (Å²) in [7, 11) is -3.93. The Bertz CT molecular complexity index is 346. The van der Waals surface area contributed by atoms with Crippen LogP contribution in [0.1, 0.15) is 6.42 Å². The summed E-state index contributed by atoms with van der Waals surface area (Å²) in [6.45, 7) is 0.205. The molecule has 0 spiro atoms. The van der Waals surface area contributed by atoms with E-state index in [2.05, 4.69) is 0 Å². The molecule has 0 aliphatic rings. The molecule has 0 aromatic heterocycles. The number of benzene rings is 1. The molecule has 0 saturated carbocycles. The van der Waals surface area contributed by atoms with E-state index >= 15 is 0 Å². The zero-order chi connectivity index (χ0) is 11.3. The van der Waals surface area contributed by atoms with Gasteiger partial charge in [-0.2, -0.15) is 0 Å². The maximum Gasteiger partial charge on any atom is 0.325 e. The number of ether oxygens (including phenoxy) is 1. The molecule has 84 valence electrons. The Labute approximate surface area is 86.9 Å². The molecule has 0 bridgehead atoms. The Morgan fingerprint density at radius 1 is 1.27 bits per heavy atom. The molecular weight excluding hydrogens is 222 g/mol. The van der Waals surface area contributed by atoms with Crippen LogP contribution in [-0.4, -0.2) is 22.6 Å². The first-order valence-corrected chi connectivity index (χ1v) is 6.20. The highest BCUT2D eigenvalue weighted by Crippen LogP contribution is 2.34. The van der Waals surface area contributed by atoms with Crippen LogP contribution in [0.25, 0.3) is 0 Å². The van der Waals surface area contributed by atoms with Gasteiger partial charge in [0.05, 0.1) is 12.8 Å². The van der Waals surface area contributed by atoms with Crippen molar-refractivity contribution in [2.75, 3.05) is 12.8 Å². The molecule has 0 amide bonds. The van der Waals surface area contributed by atoms with Crippen LogP contribution in [0.4, 0.5) is 4.39 Å². The molecule has 1 aromatic carbocycles. The first-order valence-electron chi connectivity index (χ1n) is 4.40. The third kappa shape index (κ3) is 5.52. The molecule has 0 aliphatic carbocycles. The molecule has 2 N–H and O–H groups in total. The maximum atomic E-state index is 12.5. The monoisotopic (exact) mass is 234 g/mol. The van der Waals surface area contributed by atoms with Gasteiger partial charge in [0.15, 0.2) is 0 Å². The van der Waals surface area contributed by atoms with Crippen LogP contribution in [-0.2, 0) is 4.57 Å². The molecule has 15 heavy (non-hydrogen) atoms. The summed E-state index contributed by atoms with van der Waals surface area (Å²) in [5, 5.41) is 0. The molecule has 4 nitrogen and oxygen atoms in total. The fourth-order valence-corrected chi connectivity index (χ4v) is 1.53. The zero-order valence-electron chi connectivity index (χ0n) is 7.97. The van der Waals surface area contributed by atoms with Gasteiger partial charge in [0, 0.05) is 0 Å². The van der Waals surface area contributed by atoms with Crippen molar-refractivity contribution in [2.24, 2.45) is 0 Å². The second-order valence-electron chi connectivity index (χ2n) is 3.04. The van der Waals surface area contributed by atoms with Crippen LogP contribution in [0.2, 0.25) is 0 Å². The number of rotatable bonds is 5. The first-order chi connectivity index (χ1) is 6.97. The lowest BCUT2D eigenvalue weighted by atomic mass is 10.3. The molecule has 0 heterocycles. The molecule has 0 saturated heterocycles. The fourth-order valence-electron chi connectivity index (χ4n) is 0.991. The van der Waals surface area contributed by atoms with Crippen molar-refractivity contribution in [3.05, 3.63) is 30.1 Å². The van der Waals surface area contributed by atoms with E-state index in [1.807, 2.05) is 0 Å². The van der Waals surface area contributed by atoms with Gasteiger partial charge in [0.1, 0.15) is 11.6 Å². The summed E-state index contributed by atoms with van der Waals surface area (Å²) < 4.78 is 28.1. The molecule has 0 unspecified atom stereocenters. The first kappa shape index (κ1) is 12.2. The van der Waals surface area contributed by atoms with Crippen LogP contribution in [0.5, 0.6) is 5.75 Å². The predicted molar refractivity (Wildman–Crippen MR) is 53.4 cm³/mol. The van der Waals surface area contributed by atoms with Crippen molar-refractivity contribution in [2.45, 2.75) is 6.42 Å². The second-order valence-corrected chi connectivity index (χ2v) is 4.82. The van der Waals surface area contributed by atoms with Crippen LogP contribution >= 0.6 is 7.60 Å². The Kier molecular flexibility index (Phi) is 4.27. The minimum atomic E-state index is -3.93. The van der Waals surface area contributed by atoms with Gasteiger partial charge >= 0.3 is 7.60 Å². The Hall–Kier alpha value is -0.900. The van der Waals surface area contributed by atoms with Crippen molar-refractivity contribution in [3.63, 3.8) is 0 Å². The van der Waals surface area contributed by atoms with Crippen LogP contribution in [0.3, 0.4) is 0 Å². The van der Waals surface area contributed by atoms with Crippen molar-refractivity contribution in [1.29, 1.82) is 0 Å². The van der Waals surface area contributed by atoms with Gasteiger partial charge in [0.2, 0.25) is 0 Å². The van der Waals surface area contributed by atoms with Crippen molar-refractivity contribution >= 4 is 7.60 Å². The van der Waals surface area contributed by atoms with Crippen LogP contribution in [0.15, 0.2) is 24.3 Å².